The number of hydrogen-bond donors (Lipinski definition) is 2. The highest BCUT2D eigenvalue weighted by Crippen LogP contribution is 2.23. The van der Waals surface area contributed by atoms with E-state index in [9.17, 15) is 9.90 Å². The lowest BCUT2D eigenvalue weighted by Crippen LogP contribution is -2.41. The van der Waals surface area contributed by atoms with E-state index in [1.807, 2.05) is 17.9 Å². The van der Waals surface area contributed by atoms with Crippen LogP contribution in [-0.2, 0) is 4.79 Å². The summed E-state index contributed by atoms with van der Waals surface area (Å²) in [4.78, 5) is 13.1. The second-order valence-corrected chi connectivity index (χ2v) is 4.92. The number of nitrogens with one attached hydrogen (secondary N) is 1. The zero-order chi connectivity index (χ0) is 13.1. The van der Waals surface area contributed by atoms with Crippen LogP contribution in [0.25, 0.3) is 0 Å². The molecule has 4 heteroatoms. The summed E-state index contributed by atoms with van der Waals surface area (Å²) in [5.74, 6) is 0.457. The van der Waals surface area contributed by atoms with Crippen LogP contribution in [0.3, 0.4) is 0 Å². The number of amides is 1. The molecule has 0 aromatic heterocycles. The van der Waals surface area contributed by atoms with Crippen molar-refractivity contribution in [1.82, 2.24) is 4.90 Å². The Morgan fingerprint density at radius 1 is 1.39 bits per heavy atom. The monoisotopic (exact) mass is 248 g/mol. The Morgan fingerprint density at radius 3 is 2.61 bits per heavy atom. The van der Waals surface area contributed by atoms with Gasteiger partial charge in [-0.2, -0.15) is 0 Å². The summed E-state index contributed by atoms with van der Waals surface area (Å²) in [6, 6.07) is 5.76. The van der Waals surface area contributed by atoms with E-state index in [4.69, 9.17) is 0 Å². The summed E-state index contributed by atoms with van der Waals surface area (Å²) < 4.78 is 0. The number of anilines is 1. The highest BCUT2D eigenvalue weighted by atomic mass is 16.3. The normalized spacial score (nSPS) is 16.7. The van der Waals surface area contributed by atoms with E-state index >= 15 is 0 Å². The summed E-state index contributed by atoms with van der Waals surface area (Å²) >= 11 is 0. The van der Waals surface area contributed by atoms with Gasteiger partial charge >= 0.3 is 0 Å². The molecule has 0 radical (unpaired) electrons. The fraction of sp³-hybridized carbons (Fsp3) is 0.500. The third-order valence-electron chi connectivity index (χ3n) is 3.51. The van der Waals surface area contributed by atoms with Gasteiger partial charge in [-0.1, -0.05) is 0 Å². The lowest BCUT2D eigenvalue weighted by atomic mass is 10.0. The first-order valence-electron chi connectivity index (χ1n) is 6.38. The Bertz CT molecular complexity index is 437. The van der Waals surface area contributed by atoms with Crippen molar-refractivity contribution in [2.45, 2.75) is 32.7 Å². The van der Waals surface area contributed by atoms with Crippen molar-refractivity contribution in [3.63, 3.8) is 0 Å². The van der Waals surface area contributed by atoms with Crippen LogP contribution in [0.15, 0.2) is 18.2 Å². The number of piperidine rings is 1. The Labute approximate surface area is 108 Å². The minimum absolute atomic E-state index is 0.161. The molecule has 1 amide bonds. The zero-order valence-electron chi connectivity index (χ0n) is 10.9. The molecule has 0 spiro atoms. The number of benzene rings is 1. The van der Waals surface area contributed by atoms with Gasteiger partial charge in [0.25, 0.3) is 0 Å². The molecule has 0 bridgehead atoms. The molecule has 2 N–H and O–H groups in total. The molecule has 0 saturated carbocycles. The number of carbonyl (C=O) groups excluding carboxylic acids is 1. The number of hydrogen-bond acceptors (Lipinski definition) is 3. The van der Waals surface area contributed by atoms with Crippen LogP contribution in [0, 0.1) is 6.92 Å². The van der Waals surface area contributed by atoms with Crippen LogP contribution in [0.4, 0.5) is 5.69 Å². The van der Waals surface area contributed by atoms with Gasteiger partial charge in [-0.25, -0.2) is 0 Å². The number of rotatable bonds is 2. The number of aryl methyl sites for hydroxylation is 1. The van der Waals surface area contributed by atoms with E-state index in [0.29, 0.717) is 11.8 Å². The van der Waals surface area contributed by atoms with Crippen molar-refractivity contribution < 1.29 is 9.90 Å². The molecule has 1 aromatic rings. The van der Waals surface area contributed by atoms with Gasteiger partial charge in [0.15, 0.2) is 0 Å². The lowest BCUT2D eigenvalue weighted by molar-refractivity contribution is -0.129. The van der Waals surface area contributed by atoms with Crippen molar-refractivity contribution in [3.8, 4) is 5.75 Å². The quantitative estimate of drug-likeness (QED) is 0.788. The third kappa shape index (κ3) is 2.94. The van der Waals surface area contributed by atoms with E-state index in [2.05, 4.69) is 5.32 Å². The Kier molecular flexibility index (Phi) is 3.75. The molecule has 1 fully saturated rings. The average molecular weight is 248 g/mol. The number of carbonyl (C=O) groups is 1. The average Bonchev–Trinajstić information content (AvgIpc) is 2.33. The van der Waals surface area contributed by atoms with Crippen molar-refractivity contribution >= 4 is 11.6 Å². The standard InChI is InChI=1S/C14H20N2O2/c1-10-9-13(18)3-4-14(10)15-12-5-7-16(8-6-12)11(2)17/h3-4,9,12,15,18H,5-8H2,1-2H3. The summed E-state index contributed by atoms with van der Waals surface area (Å²) in [7, 11) is 0. The lowest BCUT2D eigenvalue weighted by Gasteiger charge is -2.32. The fourth-order valence-electron chi connectivity index (χ4n) is 2.37. The molecule has 0 atom stereocenters. The molecule has 98 valence electrons. The van der Waals surface area contributed by atoms with Crippen LogP contribution in [0.5, 0.6) is 5.75 Å². The van der Waals surface area contributed by atoms with Crippen LogP contribution >= 0.6 is 0 Å². The fourth-order valence-corrected chi connectivity index (χ4v) is 2.37. The summed E-state index contributed by atoms with van der Waals surface area (Å²) in [6.07, 6.45) is 1.94. The van der Waals surface area contributed by atoms with Crippen LogP contribution < -0.4 is 5.32 Å². The SMILES string of the molecule is CC(=O)N1CCC(Nc2ccc(O)cc2C)CC1. The second kappa shape index (κ2) is 5.29. The van der Waals surface area contributed by atoms with Crippen molar-refractivity contribution in [2.24, 2.45) is 0 Å². The van der Waals surface area contributed by atoms with Gasteiger partial charge in [-0.15, -0.1) is 0 Å². The van der Waals surface area contributed by atoms with Gasteiger partial charge in [-0.05, 0) is 43.5 Å². The predicted octanol–water partition coefficient (Wildman–Crippen LogP) is 2.12. The van der Waals surface area contributed by atoms with Gasteiger partial charge in [-0.3, -0.25) is 4.79 Å². The number of phenols is 1. The van der Waals surface area contributed by atoms with E-state index in [1.54, 1.807) is 19.1 Å². The van der Waals surface area contributed by atoms with Crippen molar-refractivity contribution in [1.29, 1.82) is 0 Å². The first-order chi connectivity index (χ1) is 8.56. The van der Waals surface area contributed by atoms with Gasteiger partial charge < -0.3 is 15.3 Å². The summed E-state index contributed by atoms with van der Waals surface area (Å²) in [5.41, 5.74) is 2.11. The number of nitrogens with zero attached hydrogens (tertiary/aromatic N) is 1. The maximum atomic E-state index is 11.2. The van der Waals surface area contributed by atoms with E-state index < -0.39 is 0 Å². The Balaban J connectivity index is 1.93. The molecule has 1 aromatic carbocycles. The minimum Gasteiger partial charge on any atom is -0.508 e. The summed E-state index contributed by atoms with van der Waals surface area (Å²) in [6.45, 7) is 5.25. The highest BCUT2D eigenvalue weighted by molar-refractivity contribution is 5.73. The van der Waals surface area contributed by atoms with Gasteiger partial charge in [0.2, 0.25) is 5.91 Å². The first-order valence-corrected chi connectivity index (χ1v) is 6.38. The van der Waals surface area contributed by atoms with Gasteiger partial charge in [0, 0.05) is 31.7 Å². The largest absolute Gasteiger partial charge is 0.508 e. The minimum atomic E-state index is 0.161. The van der Waals surface area contributed by atoms with Crippen LogP contribution in [-0.4, -0.2) is 35.0 Å². The topological polar surface area (TPSA) is 52.6 Å². The number of aromatic hydroxyl groups is 1. The molecular weight excluding hydrogens is 228 g/mol. The van der Waals surface area contributed by atoms with Crippen LogP contribution in [0.2, 0.25) is 0 Å². The molecule has 1 heterocycles. The molecule has 1 aliphatic rings. The Hall–Kier alpha value is -1.71. The second-order valence-electron chi connectivity index (χ2n) is 4.92. The van der Waals surface area contributed by atoms with Crippen molar-refractivity contribution in [3.05, 3.63) is 23.8 Å². The third-order valence-corrected chi connectivity index (χ3v) is 3.51. The van der Waals surface area contributed by atoms with Gasteiger partial charge in [0.1, 0.15) is 5.75 Å². The zero-order valence-corrected chi connectivity index (χ0v) is 10.9. The molecule has 4 nitrogen and oxygen atoms in total. The molecule has 1 aliphatic heterocycles. The molecule has 0 unspecified atom stereocenters. The van der Waals surface area contributed by atoms with Crippen molar-refractivity contribution in [2.75, 3.05) is 18.4 Å². The molecule has 18 heavy (non-hydrogen) atoms. The number of likely N-dealkylation sites (tertiary alicyclic amines) is 1. The van der Waals surface area contributed by atoms with E-state index in [-0.39, 0.29) is 5.91 Å². The first kappa shape index (κ1) is 12.7. The van der Waals surface area contributed by atoms with Gasteiger partial charge in [0.05, 0.1) is 0 Å². The van der Waals surface area contributed by atoms with E-state index in [1.165, 1.54) is 0 Å². The maximum Gasteiger partial charge on any atom is 0.219 e. The summed E-state index contributed by atoms with van der Waals surface area (Å²) in [5, 5.41) is 12.9. The smallest absolute Gasteiger partial charge is 0.219 e. The highest BCUT2D eigenvalue weighted by Gasteiger charge is 2.20. The predicted molar refractivity (Wildman–Crippen MR) is 71.7 cm³/mol. The molecule has 1 saturated heterocycles. The van der Waals surface area contributed by atoms with Crippen LogP contribution in [0.1, 0.15) is 25.3 Å². The molecule has 2 rings (SSSR count). The maximum absolute atomic E-state index is 11.2. The molecule has 0 aliphatic carbocycles. The molecular formula is C14H20N2O2. The van der Waals surface area contributed by atoms with E-state index in [0.717, 1.165) is 37.2 Å². The number of phenolic OH excluding ortho intramolecular Hbond substituents is 1. The Morgan fingerprint density at radius 2 is 2.06 bits per heavy atom.